The van der Waals surface area contributed by atoms with Crippen LogP contribution in [0.25, 0.3) is 16.9 Å². The number of H-pyrrole nitrogens is 7. The van der Waals surface area contributed by atoms with Crippen LogP contribution in [0.1, 0.15) is 144 Å². The number of anilines is 2. The summed E-state index contributed by atoms with van der Waals surface area (Å²) in [7, 11) is 1.00. The Bertz CT molecular complexity index is 4170. The van der Waals surface area contributed by atoms with E-state index in [1.807, 2.05) is 149 Å². The number of nitrogens with zero attached hydrogens (tertiary/aromatic N) is 20. The molecule has 11 aromatic heterocycles. The van der Waals surface area contributed by atoms with Gasteiger partial charge in [-0.3, -0.25) is 61.7 Å². The number of aromatic amines is 7. The highest BCUT2D eigenvalue weighted by molar-refractivity contribution is 6.15. The van der Waals surface area contributed by atoms with Gasteiger partial charge in [0.25, 0.3) is 5.65 Å². The Balaban J connectivity index is -0.00000112. The average molecular weight is 1550 g/mol. The molecular weight excluding hydrogens is 1440 g/mol. The molecule has 600 valence electrons. The van der Waals surface area contributed by atoms with E-state index in [9.17, 15) is 10.1 Å². The molecule has 107 heavy (non-hydrogen) atoms. The minimum absolute atomic E-state index is 0. The molecule has 12 rings (SSSR count). The fourth-order valence-corrected chi connectivity index (χ4v) is 7.67. The number of aliphatic hydroxyl groups is 1. The number of aliphatic imine (C=N–C) groups is 3. The van der Waals surface area contributed by atoms with Crippen LogP contribution in [0.5, 0.6) is 0 Å². The average Bonchev–Trinajstić information content (AvgIpc) is 1.67. The van der Waals surface area contributed by atoms with Crippen LogP contribution in [0.4, 0.5) is 34.6 Å². The highest BCUT2D eigenvalue weighted by Crippen LogP contribution is 2.22. The molecular formula is C61H110Cl2N32O12. The maximum atomic E-state index is 10.6. The lowest BCUT2D eigenvalue weighted by Crippen LogP contribution is -2.13. The molecule has 1 aliphatic rings. The number of hydrogen-bond donors (Lipinski definition) is 17. The summed E-state index contributed by atoms with van der Waals surface area (Å²) in [5, 5.41) is 102. The van der Waals surface area contributed by atoms with E-state index in [4.69, 9.17) is 46.9 Å². The number of alkyl halides is 1. The highest BCUT2D eigenvalue weighted by atomic mass is 35.5. The van der Waals surface area contributed by atoms with E-state index >= 15 is 0 Å². The first-order valence-electron chi connectivity index (χ1n) is 32.2. The van der Waals surface area contributed by atoms with E-state index in [1.54, 1.807) is 47.0 Å². The summed E-state index contributed by atoms with van der Waals surface area (Å²) < 4.78 is 14.6. The first-order valence-corrected chi connectivity index (χ1v) is 32.9. The minimum atomic E-state index is -0.463. The first-order chi connectivity index (χ1) is 50.4. The van der Waals surface area contributed by atoms with Gasteiger partial charge in [0, 0.05) is 110 Å². The largest absolute Gasteiger partial charge is 0.481 e. The fraction of sp³-hybridized carbons (Fsp3) is 0.492. The standard InChI is InChI=1S/C8H13N3O.C7H10N4.C7H9N3.C7H11N3.C6H7N5O2.C6H9N5.C6H10N4O.C4H7N3.C4H10O2.C4H10O.CH3Cl.CH4O.ClH.H3NO3.H3NO/c1-4-12-7(3)9-8-5-6(2)10-11-8;1-4-5(2)9-11-7(4)8-6(3)10-11;1-5-3-7-4-6(2)9-10(7)8-5;1-5(2)8-7-4-6(3)9-10-7;1-3-5(11(12)13)6-7-4(2)9-10(6)8-3;1-3-5(7)6-8-4(2)10-11(6)9-3;1-4-3-6(9-8-4)7-5(2)10-11;1-3-2-4(5)7-6-3;1-3-5-6-4-2;1-3-5-4-2;2*1-2;;2-1-4-3;1-2/h5H,4H2,1-3H3,(H,10,11);9H,1-3H3;3H,4H2,1-2H3;4H,1-3H3,(H,9,10);8H,1-2H3;9H,7H2,1-2H3;3,11H,1-2H3,(H2,7,8,9,10);2H,1H3,(H3,5,6,7);3-4H2,1-2H3;3-4H2,1-2H3;1H3;2H,1H3;1H;1-3H;2H,1H2. The van der Waals surface area contributed by atoms with Gasteiger partial charge in [0.05, 0.1) is 47.5 Å². The van der Waals surface area contributed by atoms with Crippen molar-refractivity contribution < 1.29 is 55.1 Å². The van der Waals surface area contributed by atoms with Crippen molar-refractivity contribution in [2.45, 2.75) is 159 Å². The Morgan fingerprint density at radius 2 is 1.02 bits per heavy atom. The van der Waals surface area contributed by atoms with Crippen molar-refractivity contribution >= 4 is 98.8 Å². The van der Waals surface area contributed by atoms with Crippen LogP contribution in [0.2, 0.25) is 0 Å². The van der Waals surface area contributed by atoms with E-state index in [2.05, 4.69) is 150 Å². The van der Waals surface area contributed by atoms with Crippen LogP contribution in [0.3, 0.4) is 0 Å². The molecule has 1 aliphatic heterocycles. The van der Waals surface area contributed by atoms with Gasteiger partial charge in [-0.15, -0.1) is 48.9 Å². The zero-order chi connectivity index (χ0) is 81.2. The molecule has 44 nitrogen and oxygen atoms in total. The molecule has 12 heterocycles. The second-order valence-electron chi connectivity index (χ2n) is 21.1. The lowest BCUT2D eigenvalue weighted by Gasteiger charge is -1.98. The van der Waals surface area contributed by atoms with Gasteiger partial charge >= 0.3 is 5.69 Å². The number of aliphatic hydroxyl groups excluding tert-OH is 1. The number of rotatable bonds is 11. The van der Waals surface area contributed by atoms with E-state index in [0.717, 1.165) is 107 Å². The molecule has 0 spiro atoms. The third-order valence-electron chi connectivity index (χ3n) is 11.8. The number of fused-ring (bicyclic) bond motifs is 4. The SMILES string of the molecule is CC(=Nc1cc(C)[nH]n1)NO.CC(C)=Nc1cc(C)[nH]n1.CC1=Nn2nc(C)cc2C1.CCOC(C)=Nc1cc(C)[nH]n1.CCOCC.CCOOCC.CCl.CO.Cc1cc(N)n[nH]1.Cc1nc2c(C)c(C)[nH]n2n1.Cc1nc2c(N)c(C)[nH]n2n1.Cc1nc2c([N+](=O)[O-])c(C)[nH]n2n1.Cl.NO.ONOO. The lowest BCUT2D eigenvalue weighted by atomic mass is 10.2. The van der Waals surface area contributed by atoms with Gasteiger partial charge < -0.3 is 31.3 Å². The number of nitrogens with two attached hydrogens (primary N) is 3. The van der Waals surface area contributed by atoms with Crippen molar-refractivity contribution in [2.75, 3.05) is 58.0 Å². The molecule has 0 amide bonds. The number of aromatic nitrogens is 22. The van der Waals surface area contributed by atoms with E-state index < -0.39 is 4.92 Å². The Labute approximate surface area is 630 Å². The molecule has 11 aromatic rings. The molecule has 46 heteroatoms. The van der Waals surface area contributed by atoms with Crippen LogP contribution in [-0.4, -0.2) is 211 Å². The van der Waals surface area contributed by atoms with Crippen LogP contribution in [0, 0.1) is 93.2 Å². The van der Waals surface area contributed by atoms with E-state index in [-0.39, 0.29) is 23.7 Å². The molecule has 0 saturated heterocycles. The summed E-state index contributed by atoms with van der Waals surface area (Å²) in [5.74, 6) is 9.13. The van der Waals surface area contributed by atoms with Crippen LogP contribution in [-0.2, 0) is 30.7 Å². The number of ether oxygens (including phenoxy) is 2. The number of nitro groups is 1. The van der Waals surface area contributed by atoms with E-state index in [0.29, 0.717) is 71.9 Å². The maximum absolute atomic E-state index is 10.6. The lowest BCUT2D eigenvalue weighted by molar-refractivity contribution is -0.383. The number of hydroxylamine groups is 1. The minimum Gasteiger partial charge on any atom is -0.481 e. The number of halogens is 2. The van der Waals surface area contributed by atoms with Gasteiger partial charge in [0.1, 0.15) is 29.0 Å². The second-order valence-corrected chi connectivity index (χ2v) is 21.1. The first kappa shape index (κ1) is 101. The van der Waals surface area contributed by atoms with E-state index in [1.165, 1.54) is 22.3 Å². The van der Waals surface area contributed by atoms with Crippen molar-refractivity contribution in [3.05, 3.63) is 115 Å². The Morgan fingerprint density at radius 3 is 1.37 bits per heavy atom. The fourth-order valence-electron chi connectivity index (χ4n) is 7.67. The van der Waals surface area contributed by atoms with Crippen molar-refractivity contribution in [3.8, 4) is 0 Å². The molecule has 0 radical (unpaired) electrons. The van der Waals surface area contributed by atoms with Gasteiger partial charge in [-0.1, -0.05) is 0 Å². The summed E-state index contributed by atoms with van der Waals surface area (Å²) >= 11 is 4.64. The van der Waals surface area contributed by atoms with Crippen LogP contribution >= 0.6 is 24.0 Å². The van der Waals surface area contributed by atoms with Crippen molar-refractivity contribution in [2.24, 2.45) is 26.0 Å². The quantitative estimate of drug-likeness (QED) is 0.0109. The third-order valence-corrected chi connectivity index (χ3v) is 11.8. The molecule has 0 saturated carbocycles. The van der Waals surface area contributed by atoms with Crippen molar-refractivity contribution in [1.29, 1.82) is 0 Å². The second kappa shape index (κ2) is 56.8. The smallest absolute Gasteiger partial charge is 0.335 e. The number of nitrogen functional groups attached to an aromatic ring is 2. The Morgan fingerprint density at radius 1 is 0.598 bits per heavy atom. The van der Waals surface area contributed by atoms with Gasteiger partial charge in [-0.2, -0.15) is 49.6 Å². The van der Waals surface area contributed by atoms with Crippen molar-refractivity contribution in [3.63, 3.8) is 0 Å². The Kier molecular flexibility index (Phi) is 53.5. The predicted octanol–water partition coefficient (Wildman–Crippen LogP) is 9.08. The summed E-state index contributed by atoms with van der Waals surface area (Å²) in [6, 6.07) is 9.40. The zero-order valence-electron chi connectivity index (χ0n) is 65.2. The maximum Gasteiger partial charge on any atom is 0.335 e. The molecule has 0 bridgehead atoms. The molecule has 20 N–H and O–H groups in total. The highest BCUT2D eigenvalue weighted by Gasteiger charge is 2.22. The molecule has 0 fully saturated rings. The normalized spacial score (nSPS) is 10.4. The van der Waals surface area contributed by atoms with Gasteiger partial charge in [-0.25, -0.2) is 45.9 Å². The van der Waals surface area contributed by atoms with Crippen LogP contribution < -0.4 is 28.5 Å². The van der Waals surface area contributed by atoms with Gasteiger partial charge in [0.15, 0.2) is 40.5 Å². The number of hydrogen-bond acceptors (Lipinski definition) is 31. The summed E-state index contributed by atoms with van der Waals surface area (Å²) in [5.41, 5.74) is 28.4. The summed E-state index contributed by atoms with van der Waals surface area (Å²) in [6.07, 6.45) is 2.43. The van der Waals surface area contributed by atoms with Crippen LogP contribution in [0.15, 0.2) is 50.4 Å². The number of amidine groups is 1. The van der Waals surface area contributed by atoms with Crippen molar-refractivity contribution in [1.82, 2.24) is 121 Å². The third kappa shape index (κ3) is 40.0. The Hall–Kier alpha value is -10.5. The molecule has 0 atom stereocenters. The summed E-state index contributed by atoms with van der Waals surface area (Å²) in [6.45, 7) is 45.2. The molecule has 0 aliphatic carbocycles. The topological polar surface area (TPSA) is 612 Å². The zero-order valence-corrected chi connectivity index (χ0v) is 66.8. The monoisotopic (exact) mass is 1550 g/mol. The number of nitrogens with one attached hydrogen (secondary N) is 9. The predicted molar refractivity (Wildman–Crippen MR) is 411 cm³/mol. The van der Waals surface area contributed by atoms with Gasteiger partial charge in [-0.05, 0) is 157 Å². The number of aryl methyl sites for hydroxylation is 12. The molecule has 0 unspecified atom stereocenters. The van der Waals surface area contributed by atoms with Gasteiger partial charge in [0.2, 0.25) is 0 Å². The summed E-state index contributed by atoms with van der Waals surface area (Å²) in [4.78, 5) is 48.2. The molecule has 0 aromatic carbocycles.